The second kappa shape index (κ2) is 7.07. The van der Waals surface area contributed by atoms with E-state index in [1.807, 2.05) is 0 Å². The summed E-state index contributed by atoms with van der Waals surface area (Å²) >= 11 is 5.96. The first-order valence-electron chi connectivity index (χ1n) is 6.23. The van der Waals surface area contributed by atoms with Gasteiger partial charge in [0.15, 0.2) is 0 Å². The number of unbranched alkanes of at least 4 members (excludes halogenated alkanes) is 2. The molecule has 0 saturated carbocycles. The minimum atomic E-state index is -3.51. The Labute approximate surface area is 120 Å². The van der Waals surface area contributed by atoms with Gasteiger partial charge in [-0.2, -0.15) is 0 Å². The number of anilines is 1. The average Bonchev–Trinajstić information content (AvgIpc) is 2.38. The zero-order valence-electron chi connectivity index (χ0n) is 11.5. The van der Waals surface area contributed by atoms with Crippen molar-refractivity contribution in [3.05, 3.63) is 17.3 Å². The first-order valence-corrected chi connectivity index (χ1v) is 8.05. The monoisotopic (exact) mass is 305 g/mol. The number of hydrogen-bond acceptors (Lipinski definition) is 4. The van der Waals surface area contributed by atoms with Crippen LogP contribution in [0.1, 0.15) is 26.2 Å². The van der Waals surface area contributed by atoms with E-state index in [2.05, 4.69) is 17.2 Å². The quantitative estimate of drug-likeness (QED) is 0.787. The number of aromatic nitrogens is 1. The van der Waals surface area contributed by atoms with E-state index in [-0.39, 0.29) is 4.90 Å². The van der Waals surface area contributed by atoms with Gasteiger partial charge in [-0.25, -0.2) is 17.7 Å². The smallest absolute Gasteiger partial charge is 0.244 e. The number of rotatable bonds is 7. The zero-order chi connectivity index (χ0) is 14.5. The van der Waals surface area contributed by atoms with Gasteiger partial charge >= 0.3 is 0 Å². The molecule has 7 heteroatoms. The lowest BCUT2D eigenvalue weighted by molar-refractivity contribution is 0.454. The highest BCUT2D eigenvalue weighted by Gasteiger charge is 2.21. The molecule has 1 N–H and O–H groups in total. The van der Waals surface area contributed by atoms with Gasteiger partial charge in [0.1, 0.15) is 10.7 Å². The van der Waals surface area contributed by atoms with E-state index in [0.717, 1.165) is 19.3 Å². The van der Waals surface area contributed by atoms with Crippen LogP contribution in [0.25, 0.3) is 0 Å². The Morgan fingerprint density at radius 1 is 1.42 bits per heavy atom. The molecular weight excluding hydrogens is 286 g/mol. The van der Waals surface area contributed by atoms with Crippen LogP contribution in [0.3, 0.4) is 0 Å². The van der Waals surface area contributed by atoms with Gasteiger partial charge in [0.2, 0.25) is 10.0 Å². The van der Waals surface area contributed by atoms with Crippen molar-refractivity contribution < 1.29 is 8.42 Å². The molecule has 0 fully saturated rings. The zero-order valence-corrected chi connectivity index (χ0v) is 13.1. The lowest BCUT2D eigenvalue weighted by Gasteiger charge is -2.17. The van der Waals surface area contributed by atoms with Crippen LogP contribution in [-0.2, 0) is 10.0 Å². The minimum Gasteiger partial charge on any atom is -0.372 e. The van der Waals surface area contributed by atoms with Crippen LogP contribution >= 0.6 is 11.6 Å². The molecule has 1 rings (SSSR count). The van der Waals surface area contributed by atoms with Crippen LogP contribution in [0.5, 0.6) is 0 Å². The third-order valence-electron chi connectivity index (χ3n) is 2.84. The SMILES string of the molecule is CCCCCN(C)S(=O)(=O)c1cnc(NC)c(Cl)c1. The van der Waals surface area contributed by atoms with Gasteiger partial charge in [-0.15, -0.1) is 0 Å². The fourth-order valence-electron chi connectivity index (χ4n) is 1.63. The molecular formula is C12H20ClN3O2S. The number of hydrogen-bond donors (Lipinski definition) is 1. The molecule has 0 saturated heterocycles. The summed E-state index contributed by atoms with van der Waals surface area (Å²) < 4.78 is 25.9. The van der Waals surface area contributed by atoms with E-state index in [0.29, 0.717) is 17.4 Å². The maximum Gasteiger partial charge on any atom is 0.244 e. The van der Waals surface area contributed by atoms with E-state index in [9.17, 15) is 8.42 Å². The largest absolute Gasteiger partial charge is 0.372 e. The summed E-state index contributed by atoms with van der Waals surface area (Å²) in [5.74, 6) is 0.467. The van der Waals surface area contributed by atoms with Crippen molar-refractivity contribution in [2.75, 3.05) is 26.0 Å². The van der Waals surface area contributed by atoms with Crippen LogP contribution in [0.2, 0.25) is 5.02 Å². The molecule has 0 radical (unpaired) electrons. The van der Waals surface area contributed by atoms with Crippen molar-refractivity contribution in [1.82, 2.24) is 9.29 Å². The molecule has 0 amide bonds. The van der Waals surface area contributed by atoms with E-state index in [4.69, 9.17) is 11.6 Å². The fourth-order valence-corrected chi connectivity index (χ4v) is 3.14. The highest BCUT2D eigenvalue weighted by Crippen LogP contribution is 2.23. The Hall–Kier alpha value is -0.850. The summed E-state index contributed by atoms with van der Waals surface area (Å²) in [4.78, 5) is 4.11. The van der Waals surface area contributed by atoms with E-state index in [1.165, 1.54) is 16.6 Å². The number of halogens is 1. The second-order valence-electron chi connectivity index (χ2n) is 4.29. The lowest BCUT2D eigenvalue weighted by atomic mass is 10.2. The van der Waals surface area contributed by atoms with Crippen molar-refractivity contribution >= 4 is 27.4 Å². The maximum atomic E-state index is 12.3. The number of sulfonamides is 1. The molecule has 0 aliphatic rings. The minimum absolute atomic E-state index is 0.121. The standard InChI is InChI=1S/C12H20ClN3O2S/c1-4-5-6-7-16(3)19(17,18)10-8-11(13)12(14-2)15-9-10/h8-9H,4-7H2,1-3H3,(H,14,15). The van der Waals surface area contributed by atoms with Crippen LogP contribution in [0.4, 0.5) is 5.82 Å². The second-order valence-corrected chi connectivity index (χ2v) is 6.74. The third kappa shape index (κ3) is 4.06. The van der Waals surface area contributed by atoms with Crippen molar-refractivity contribution in [3.63, 3.8) is 0 Å². The topological polar surface area (TPSA) is 62.3 Å². The fraction of sp³-hybridized carbons (Fsp3) is 0.583. The first-order chi connectivity index (χ1) is 8.93. The number of nitrogens with one attached hydrogen (secondary N) is 1. The van der Waals surface area contributed by atoms with Crippen molar-refractivity contribution in [2.24, 2.45) is 0 Å². The molecule has 1 aromatic rings. The molecule has 0 aliphatic carbocycles. The molecule has 1 aromatic heterocycles. The Morgan fingerprint density at radius 2 is 2.11 bits per heavy atom. The van der Waals surface area contributed by atoms with Gasteiger partial charge in [-0.05, 0) is 12.5 Å². The summed E-state index contributed by atoms with van der Waals surface area (Å²) in [6.45, 7) is 2.58. The van der Waals surface area contributed by atoms with Gasteiger partial charge in [0.05, 0.1) is 5.02 Å². The molecule has 1 heterocycles. The summed E-state index contributed by atoms with van der Waals surface area (Å²) in [7, 11) is -0.254. The van der Waals surface area contributed by atoms with Gasteiger partial charge < -0.3 is 5.32 Å². The average molecular weight is 306 g/mol. The Morgan fingerprint density at radius 3 is 2.63 bits per heavy atom. The van der Waals surface area contributed by atoms with Crippen LogP contribution in [0.15, 0.2) is 17.2 Å². The van der Waals surface area contributed by atoms with Gasteiger partial charge in [-0.1, -0.05) is 31.4 Å². The molecule has 5 nitrogen and oxygen atoms in total. The maximum absolute atomic E-state index is 12.3. The van der Waals surface area contributed by atoms with E-state index in [1.54, 1.807) is 14.1 Å². The van der Waals surface area contributed by atoms with Crippen molar-refractivity contribution in [2.45, 2.75) is 31.1 Å². The summed E-state index contributed by atoms with van der Waals surface area (Å²) in [6.07, 6.45) is 4.24. The first kappa shape index (κ1) is 16.2. The normalized spacial score (nSPS) is 11.8. The molecule has 0 aliphatic heterocycles. The Kier molecular flexibility index (Phi) is 6.03. The van der Waals surface area contributed by atoms with Gasteiger partial charge in [0, 0.05) is 26.8 Å². The number of pyridine rings is 1. The molecule has 0 aromatic carbocycles. The van der Waals surface area contributed by atoms with Crippen molar-refractivity contribution in [3.8, 4) is 0 Å². The highest BCUT2D eigenvalue weighted by molar-refractivity contribution is 7.89. The third-order valence-corrected chi connectivity index (χ3v) is 4.95. The molecule has 0 unspecified atom stereocenters. The molecule has 0 spiro atoms. The van der Waals surface area contributed by atoms with Gasteiger partial charge in [-0.3, -0.25) is 0 Å². The summed E-state index contributed by atoms with van der Waals surface area (Å²) in [6, 6.07) is 1.42. The number of nitrogens with zero attached hydrogens (tertiary/aromatic N) is 2. The lowest BCUT2D eigenvalue weighted by Crippen LogP contribution is -2.28. The van der Waals surface area contributed by atoms with Crippen LogP contribution in [-0.4, -0.2) is 38.3 Å². The summed E-state index contributed by atoms with van der Waals surface area (Å²) in [5, 5.41) is 3.09. The highest BCUT2D eigenvalue weighted by atomic mass is 35.5. The summed E-state index contributed by atoms with van der Waals surface area (Å²) in [5.41, 5.74) is 0. The Balaban J connectivity index is 2.90. The molecule has 108 valence electrons. The van der Waals surface area contributed by atoms with E-state index >= 15 is 0 Å². The van der Waals surface area contributed by atoms with Gasteiger partial charge in [0.25, 0.3) is 0 Å². The van der Waals surface area contributed by atoms with Crippen molar-refractivity contribution in [1.29, 1.82) is 0 Å². The molecule has 19 heavy (non-hydrogen) atoms. The predicted molar refractivity (Wildman–Crippen MR) is 78.1 cm³/mol. The van der Waals surface area contributed by atoms with E-state index < -0.39 is 10.0 Å². The van der Waals surface area contributed by atoms with Crippen LogP contribution < -0.4 is 5.32 Å². The predicted octanol–water partition coefficient (Wildman–Crippen LogP) is 2.59. The molecule has 0 atom stereocenters. The Bertz CT molecular complexity index is 520. The van der Waals surface area contributed by atoms with Crippen LogP contribution in [0, 0.1) is 0 Å². The molecule has 0 bridgehead atoms.